The summed E-state index contributed by atoms with van der Waals surface area (Å²) in [6.07, 6.45) is 2.39. The van der Waals surface area contributed by atoms with Crippen LogP contribution >= 0.6 is 0 Å². The van der Waals surface area contributed by atoms with Crippen molar-refractivity contribution >= 4 is 0 Å². The molecule has 1 saturated heterocycles. The predicted octanol–water partition coefficient (Wildman–Crippen LogP) is 1.96. The highest BCUT2D eigenvalue weighted by molar-refractivity contribution is 5.22. The fourth-order valence-electron chi connectivity index (χ4n) is 1.63. The van der Waals surface area contributed by atoms with E-state index in [1.54, 1.807) is 12.1 Å². The summed E-state index contributed by atoms with van der Waals surface area (Å²) in [6.45, 7) is 1.75. The van der Waals surface area contributed by atoms with Crippen molar-refractivity contribution < 1.29 is 9.13 Å². The maximum Gasteiger partial charge on any atom is 0.123 e. The maximum atomic E-state index is 12.6. The van der Waals surface area contributed by atoms with Crippen molar-refractivity contribution in [2.45, 2.75) is 18.9 Å². The molecule has 0 aromatic heterocycles. The van der Waals surface area contributed by atoms with E-state index in [1.807, 2.05) is 0 Å². The van der Waals surface area contributed by atoms with Gasteiger partial charge in [0.05, 0.1) is 0 Å². The highest BCUT2D eigenvalue weighted by Crippen LogP contribution is 2.13. The van der Waals surface area contributed by atoms with E-state index in [0.717, 1.165) is 12.3 Å². The Morgan fingerprint density at radius 3 is 2.79 bits per heavy atom. The zero-order chi connectivity index (χ0) is 9.80. The molecule has 1 aliphatic rings. The number of rotatable bonds is 3. The molecular formula is C11H14FNO. The van der Waals surface area contributed by atoms with Gasteiger partial charge in [-0.2, -0.15) is 0 Å². The van der Waals surface area contributed by atoms with Gasteiger partial charge in [-0.3, -0.25) is 0 Å². The molecule has 1 N–H and O–H groups in total. The summed E-state index contributed by atoms with van der Waals surface area (Å²) in [5.41, 5.74) is 0. The van der Waals surface area contributed by atoms with Gasteiger partial charge in [-0.05, 0) is 43.7 Å². The lowest BCUT2D eigenvalue weighted by Gasteiger charge is -2.11. The largest absolute Gasteiger partial charge is 0.492 e. The zero-order valence-corrected chi connectivity index (χ0v) is 8.00. The fraction of sp³-hybridized carbons (Fsp3) is 0.455. The van der Waals surface area contributed by atoms with Crippen molar-refractivity contribution in [3.63, 3.8) is 0 Å². The molecule has 0 radical (unpaired) electrons. The lowest BCUT2D eigenvalue weighted by Crippen LogP contribution is -2.28. The molecule has 1 aliphatic heterocycles. The van der Waals surface area contributed by atoms with Gasteiger partial charge in [0.1, 0.15) is 18.2 Å². The van der Waals surface area contributed by atoms with E-state index in [0.29, 0.717) is 12.6 Å². The monoisotopic (exact) mass is 195 g/mol. The number of nitrogens with one attached hydrogen (secondary N) is 1. The first-order valence-electron chi connectivity index (χ1n) is 4.96. The first-order chi connectivity index (χ1) is 6.84. The van der Waals surface area contributed by atoms with Crippen LogP contribution in [0.2, 0.25) is 0 Å². The number of hydrogen-bond acceptors (Lipinski definition) is 2. The molecule has 76 valence electrons. The van der Waals surface area contributed by atoms with Crippen molar-refractivity contribution in [2.24, 2.45) is 0 Å². The smallest absolute Gasteiger partial charge is 0.123 e. The number of ether oxygens (including phenoxy) is 1. The average molecular weight is 195 g/mol. The molecule has 1 heterocycles. The van der Waals surface area contributed by atoms with Crippen LogP contribution in [0.1, 0.15) is 12.8 Å². The molecule has 1 fully saturated rings. The van der Waals surface area contributed by atoms with Crippen LogP contribution in [-0.4, -0.2) is 19.2 Å². The first kappa shape index (κ1) is 9.46. The summed E-state index contributed by atoms with van der Waals surface area (Å²) >= 11 is 0. The molecule has 1 aromatic carbocycles. The van der Waals surface area contributed by atoms with Gasteiger partial charge in [0.25, 0.3) is 0 Å². The van der Waals surface area contributed by atoms with E-state index >= 15 is 0 Å². The molecule has 0 amide bonds. The molecule has 1 atom stereocenters. The van der Waals surface area contributed by atoms with Gasteiger partial charge < -0.3 is 10.1 Å². The summed E-state index contributed by atoms with van der Waals surface area (Å²) < 4.78 is 18.1. The Hall–Kier alpha value is -1.09. The van der Waals surface area contributed by atoms with E-state index < -0.39 is 0 Å². The Morgan fingerprint density at radius 2 is 2.14 bits per heavy atom. The highest BCUT2D eigenvalue weighted by Gasteiger charge is 2.14. The minimum Gasteiger partial charge on any atom is -0.492 e. The summed E-state index contributed by atoms with van der Waals surface area (Å²) in [5.74, 6) is 0.511. The normalized spacial score (nSPS) is 21.1. The van der Waals surface area contributed by atoms with Crippen LogP contribution in [0.5, 0.6) is 5.75 Å². The molecule has 2 nitrogen and oxygen atoms in total. The average Bonchev–Trinajstić information content (AvgIpc) is 2.70. The highest BCUT2D eigenvalue weighted by atomic mass is 19.1. The van der Waals surface area contributed by atoms with Gasteiger partial charge in [-0.15, -0.1) is 0 Å². The summed E-state index contributed by atoms with van der Waals surface area (Å²) in [7, 11) is 0. The van der Waals surface area contributed by atoms with Gasteiger partial charge in [-0.1, -0.05) is 0 Å². The van der Waals surface area contributed by atoms with Crippen molar-refractivity contribution in [1.82, 2.24) is 5.32 Å². The van der Waals surface area contributed by atoms with Crippen LogP contribution in [0, 0.1) is 5.82 Å². The third-order valence-corrected chi connectivity index (χ3v) is 2.43. The summed E-state index contributed by atoms with van der Waals surface area (Å²) in [4.78, 5) is 0. The first-order valence-corrected chi connectivity index (χ1v) is 4.96. The van der Waals surface area contributed by atoms with Crippen LogP contribution in [-0.2, 0) is 0 Å². The van der Waals surface area contributed by atoms with Crippen molar-refractivity contribution in [3.05, 3.63) is 30.1 Å². The van der Waals surface area contributed by atoms with Crippen LogP contribution < -0.4 is 10.1 Å². The van der Waals surface area contributed by atoms with Gasteiger partial charge in [0.15, 0.2) is 0 Å². The van der Waals surface area contributed by atoms with E-state index in [-0.39, 0.29) is 5.82 Å². The molecule has 0 aliphatic carbocycles. The fourth-order valence-corrected chi connectivity index (χ4v) is 1.63. The van der Waals surface area contributed by atoms with Gasteiger partial charge in [0.2, 0.25) is 0 Å². The number of benzene rings is 1. The molecular weight excluding hydrogens is 181 g/mol. The Morgan fingerprint density at radius 1 is 1.36 bits per heavy atom. The van der Waals surface area contributed by atoms with E-state index in [4.69, 9.17) is 4.74 Å². The molecule has 3 heteroatoms. The third kappa shape index (κ3) is 2.45. The topological polar surface area (TPSA) is 21.3 Å². The standard InChI is InChI=1S/C11H14FNO/c12-9-3-5-11(6-4-9)14-8-10-2-1-7-13-10/h3-6,10,13H,1-2,7-8H2/t10-/m0/s1. The summed E-state index contributed by atoms with van der Waals surface area (Å²) in [5, 5.41) is 3.34. The van der Waals surface area contributed by atoms with E-state index in [1.165, 1.54) is 25.0 Å². The van der Waals surface area contributed by atoms with Crippen LogP contribution in [0.4, 0.5) is 4.39 Å². The number of halogens is 1. The van der Waals surface area contributed by atoms with Crippen molar-refractivity contribution in [3.8, 4) is 5.75 Å². The molecule has 0 unspecified atom stereocenters. The van der Waals surface area contributed by atoms with Gasteiger partial charge in [-0.25, -0.2) is 4.39 Å². The molecule has 2 rings (SSSR count). The van der Waals surface area contributed by atoms with E-state index in [2.05, 4.69) is 5.32 Å². The van der Waals surface area contributed by atoms with Crippen LogP contribution in [0.25, 0.3) is 0 Å². The summed E-state index contributed by atoms with van der Waals surface area (Å²) in [6, 6.07) is 6.60. The van der Waals surface area contributed by atoms with Crippen molar-refractivity contribution in [1.29, 1.82) is 0 Å². The Bertz CT molecular complexity index is 280. The molecule has 0 bridgehead atoms. The Kier molecular flexibility index (Phi) is 2.99. The predicted molar refractivity (Wildman–Crippen MR) is 52.9 cm³/mol. The lowest BCUT2D eigenvalue weighted by molar-refractivity contribution is 0.277. The van der Waals surface area contributed by atoms with Crippen LogP contribution in [0.3, 0.4) is 0 Å². The minimum atomic E-state index is -0.226. The lowest BCUT2D eigenvalue weighted by atomic mass is 10.2. The van der Waals surface area contributed by atoms with Gasteiger partial charge in [0, 0.05) is 6.04 Å². The number of hydrogen-bond donors (Lipinski definition) is 1. The quantitative estimate of drug-likeness (QED) is 0.796. The second-order valence-electron chi connectivity index (χ2n) is 3.56. The second kappa shape index (κ2) is 4.42. The molecule has 14 heavy (non-hydrogen) atoms. The SMILES string of the molecule is Fc1ccc(OC[C@@H]2CCCN2)cc1. The Labute approximate surface area is 83.1 Å². The third-order valence-electron chi connectivity index (χ3n) is 2.43. The van der Waals surface area contributed by atoms with E-state index in [9.17, 15) is 4.39 Å². The minimum absolute atomic E-state index is 0.226. The van der Waals surface area contributed by atoms with Crippen LogP contribution in [0.15, 0.2) is 24.3 Å². The zero-order valence-electron chi connectivity index (χ0n) is 8.00. The Balaban J connectivity index is 1.82. The molecule has 0 saturated carbocycles. The molecule has 1 aromatic rings. The second-order valence-corrected chi connectivity index (χ2v) is 3.56. The maximum absolute atomic E-state index is 12.6. The van der Waals surface area contributed by atoms with Crippen molar-refractivity contribution in [2.75, 3.05) is 13.2 Å². The molecule has 0 spiro atoms. The van der Waals surface area contributed by atoms with Gasteiger partial charge >= 0.3 is 0 Å².